The van der Waals surface area contributed by atoms with Crippen LogP contribution in [0.1, 0.15) is 0 Å². The van der Waals surface area contributed by atoms with Crippen molar-refractivity contribution in [2.45, 2.75) is 12.1 Å². The Morgan fingerprint density at radius 1 is 1.32 bits per heavy atom. The van der Waals surface area contributed by atoms with E-state index in [2.05, 4.69) is 5.32 Å². The SMILES string of the molecule is O=S1(=O)CC2NC(=S)N(c3cccc(Cl)c3Cl)C2C1. The second-order valence-corrected chi connectivity index (χ2v) is 7.97. The van der Waals surface area contributed by atoms with Crippen molar-refractivity contribution in [3.63, 3.8) is 0 Å². The van der Waals surface area contributed by atoms with Crippen LogP contribution in [0.25, 0.3) is 0 Å². The molecule has 0 aromatic heterocycles. The maximum atomic E-state index is 11.7. The number of hydrogen-bond acceptors (Lipinski definition) is 3. The van der Waals surface area contributed by atoms with E-state index in [1.807, 2.05) is 0 Å². The highest BCUT2D eigenvalue weighted by molar-refractivity contribution is 7.91. The predicted octanol–water partition coefficient (Wildman–Crippen LogP) is 1.85. The Hall–Kier alpha value is -0.560. The summed E-state index contributed by atoms with van der Waals surface area (Å²) in [6.07, 6.45) is 0. The van der Waals surface area contributed by atoms with Gasteiger partial charge < -0.3 is 10.2 Å². The van der Waals surface area contributed by atoms with Crippen LogP contribution in [-0.4, -0.2) is 37.1 Å². The third-order valence-electron chi connectivity index (χ3n) is 3.37. The van der Waals surface area contributed by atoms with Gasteiger partial charge in [0.05, 0.1) is 39.3 Å². The Morgan fingerprint density at radius 2 is 2.05 bits per heavy atom. The third-order valence-corrected chi connectivity index (χ3v) is 6.21. The molecule has 2 saturated heterocycles. The molecule has 8 heteroatoms. The van der Waals surface area contributed by atoms with E-state index in [0.717, 1.165) is 0 Å². The number of rotatable bonds is 1. The zero-order chi connectivity index (χ0) is 13.8. The van der Waals surface area contributed by atoms with Gasteiger partial charge in [-0.3, -0.25) is 0 Å². The molecule has 1 aromatic carbocycles. The predicted molar refractivity (Wildman–Crippen MR) is 80.9 cm³/mol. The van der Waals surface area contributed by atoms with Gasteiger partial charge in [0.2, 0.25) is 0 Å². The monoisotopic (exact) mass is 336 g/mol. The molecule has 0 bridgehead atoms. The fourth-order valence-electron chi connectivity index (χ4n) is 2.57. The van der Waals surface area contributed by atoms with E-state index in [1.54, 1.807) is 23.1 Å². The Morgan fingerprint density at radius 3 is 2.79 bits per heavy atom. The van der Waals surface area contributed by atoms with Crippen molar-refractivity contribution < 1.29 is 8.42 Å². The summed E-state index contributed by atoms with van der Waals surface area (Å²) in [4.78, 5) is 1.76. The molecular weight excluding hydrogens is 327 g/mol. The number of hydrogen-bond donors (Lipinski definition) is 1. The lowest BCUT2D eigenvalue weighted by Gasteiger charge is -2.24. The molecular formula is C11H10Cl2N2O2S2. The molecule has 3 rings (SSSR count). The van der Waals surface area contributed by atoms with E-state index in [1.165, 1.54) is 0 Å². The molecule has 19 heavy (non-hydrogen) atoms. The molecule has 102 valence electrons. The van der Waals surface area contributed by atoms with Crippen LogP contribution in [-0.2, 0) is 9.84 Å². The molecule has 1 aromatic rings. The van der Waals surface area contributed by atoms with E-state index in [9.17, 15) is 8.42 Å². The fourth-order valence-corrected chi connectivity index (χ4v) is 5.23. The van der Waals surface area contributed by atoms with E-state index >= 15 is 0 Å². The highest BCUT2D eigenvalue weighted by Gasteiger charge is 2.48. The second kappa shape index (κ2) is 4.48. The summed E-state index contributed by atoms with van der Waals surface area (Å²) >= 11 is 17.5. The smallest absolute Gasteiger partial charge is 0.174 e. The standard InChI is InChI=1S/C11H10Cl2N2O2S2/c12-6-2-1-3-8(10(6)13)15-9-5-19(16,17)4-7(9)14-11(15)18/h1-3,7,9H,4-5H2,(H,14,18). The lowest BCUT2D eigenvalue weighted by molar-refractivity contribution is 0.600. The van der Waals surface area contributed by atoms with E-state index < -0.39 is 9.84 Å². The summed E-state index contributed by atoms with van der Waals surface area (Å²) in [5, 5.41) is 4.35. The Bertz CT molecular complexity index is 663. The van der Waals surface area contributed by atoms with Gasteiger partial charge in [0.15, 0.2) is 14.9 Å². The van der Waals surface area contributed by atoms with Crippen LogP contribution in [0, 0.1) is 0 Å². The Balaban J connectivity index is 2.05. The topological polar surface area (TPSA) is 49.4 Å². The van der Waals surface area contributed by atoms with Gasteiger partial charge in [-0.1, -0.05) is 29.3 Å². The van der Waals surface area contributed by atoms with Crippen LogP contribution in [0.2, 0.25) is 10.0 Å². The Kier molecular flexibility index (Phi) is 3.16. The normalized spacial score (nSPS) is 28.3. The minimum absolute atomic E-state index is 0.0770. The quantitative estimate of drug-likeness (QED) is 0.793. The van der Waals surface area contributed by atoms with E-state index in [0.29, 0.717) is 20.8 Å². The molecule has 0 saturated carbocycles. The first-order valence-electron chi connectivity index (χ1n) is 5.63. The number of sulfone groups is 1. The van der Waals surface area contributed by atoms with Crippen LogP contribution >= 0.6 is 35.4 Å². The first-order chi connectivity index (χ1) is 8.89. The highest BCUT2D eigenvalue weighted by Crippen LogP contribution is 2.37. The molecule has 0 radical (unpaired) electrons. The van der Waals surface area contributed by atoms with Gasteiger partial charge in [0.1, 0.15) is 0 Å². The van der Waals surface area contributed by atoms with Crippen molar-refractivity contribution in [1.29, 1.82) is 0 Å². The van der Waals surface area contributed by atoms with Crippen molar-refractivity contribution in [3.05, 3.63) is 28.2 Å². The van der Waals surface area contributed by atoms with Crippen LogP contribution in [0.4, 0.5) is 5.69 Å². The molecule has 0 aliphatic carbocycles. The van der Waals surface area contributed by atoms with Gasteiger partial charge in [-0.05, 0) is 24.4 Å². The summed E-state index contributed by atoms with van der Waals surface area (Å²) in [6, 6.07) is 4.85. The minimum atomic E-state index is -3.03. The minimum Gasteiger partial charge on any atom is -0.356 e. The molecule has 2 aliphatic heterocycles. The maximum Gasteiger partial charge on any atom is 0.174 e. The number of halogens is 2. The van der Waals surface area contributed by atoms with Crippen molar-refractivity contribution >= 4 is 56.1 Å². The van der Waals surface area contributed by atoms with Gasteiger partial charge in [-0.2, -0.15) is 0 Å². The Labute approximate surface area is 126 Å². The summed E-state index contributed by atoms with van der Waals surface area (Å²) in [5.74, 6) is 0.181. The van der Waals surface area contributed by atoms with E-state index in [4.69, 9.17) is 35.4 Å². The summed E-state index contributed by atoms with van der Waals surface area (Å²) in [7, 11) is -3.03. The summed E-state index contributed by atoms with van der Waals surface area (Å²) < 4.78 is 23.4. The first-order valence-corrected chi connectivity index (χ1v) is 8.62. The number of anilines is 1. The van der Waals surface area contributed by atoms with Crippen LogP contribution in [0.15, 0.2) is 18.2 Å². The molecule has 2 aliphatic rings. The van der Waals surface area contributed by atoms with Crippen molar-refractivity contribution in [2.24, 2.45) is 0 Å². The summed E-state index contributed by atoms with van der Waals surface area (Å²) in [5.41, 5.74) is 0.649. The van der Waals surface area contributed by atoms with E-state index in [-0.39, 0.29) is 23.6 Å². The molecule has 2 unspecified atom stereocenters. The first kappa shape index (κ1) is 13.4. The number of nitrogens with one attached hydrogen (secondary N) is 1. The lowest BCUT2D eigenvalue weighted by atomic mass is 10.1. The van der Waals surface area contributed by atoms with Gasteiger partial charge in [0, 0.05) is 0 Å². The fraction of sp³-hybridized carbons (Fsp3) is 0.364. The number of benzene rings is 1. The van der Waals surface area contributed by atoms with Crippen LogP contribution in [0.5, 0.6) is 0 Å². The molecule has 0 amide bonds. The van der Waals surface area contributed by atoms with Gasteiger partial charge in [0.25, 0.3) is 0 Å². The third kappa shape index (κ3) is 2.20. The van der Waals surface area contributed by atoms with Crippen LogP contribution in [0.3, 0.4) is 0 Å². The maximum absolute atomic E-state index is 11.7. The van der Waals surface area contributed by atoms with Gasteiger partial charge in [-0.15, -0.1) is 0 Å². The zero-order valence-electron chi connectivity index (χ0n) is 9.64. The average Bonchev–Trinajstić information content (AvgIpc) is 2.73. The molecule has 2 fully saturated rings. The van der Waals surface area contributed by atoms with Gasteiger partial charge >= 0.3 is 0 Å². The molecule has 0 spiro atoms. The van der Waals surface area contributed by atoms with Crippen molar-refractivity contribution in [1.82, 2.24) is 5.32 Å². The van der Waals surface area contributed by atoms with Crippen LogP contribution < -0.4 is 10.2 Å². The lowest BCUT2D eigenvalue weighted by Crippen LogP contribution is -2.37. The molecule has 2 heterocycles. The number of thiocarbonyl (C=S) groups is 1. The zero-order valence-corrected chi connectivity index (χ0v) is 12.8. The van der Waals surface area contributed by atoms with Crippen molar-refractivity contribution in [2.75, 3.05) is 16.4 Å². The number of nitrogens with zero attached hydrogens (tertiary/aromatic N) is 1. The van der Waals surface area contributed by atoms with Crippen molar-refractivity contribution in [3.8, 4) is 0 Å². The highest BCUT2D eigenvalue weighted by atomic mass is 35.5. The average molecular weight is 337 g/mol. The van der Waals surface area contributed by atoms with Gasteiger partial charge in [-0.25, -0.2) is 8.42 Å². The largest absolute Gasteiger partial charge is 0.356 e. The molecule has 4 nitrogen and oxygen atoms in total. The molecule has 2 atom stereocenters. The summed E-state index contributed by atoms with van der Waals surface area (Å²) in [6.45, 7) is 0. The number of fused-ring (bicyclic) bond motifs is 1. The second-order valence-electron chi connectivity index (χ2n) is 4.64. The molecule has 1 N–H and O–H groups in total.